The SMILES string of the molecule is CCN1c2ccc(C=Nc3ccc(-c4ccccc4)cc3)cc2C(C)=CC1(C)C. The molecule has 0 radical (unpaired) electrons. The largest absolute Gasteiger partial charge is 0.363 e. The van der Waals surface area contributed by atoms with E-state index < -0.39 is 0 Å². The van der Waals surface area contributed by atoms with Gasteiger partial charge in [0.1, 0.15) is 0 Å². The van der Waals surface area contributed by atoms with E-state index >= 15 is 0 Å². The standard InChI is InChI=1S/C27H28N2/c1-5-29-26-16-11-21(17-25(26)20(2)18-27(29,3)4)19-28-24-14-12-23(13-15-24)22-9-7-6-8-10-22/h6-19H,5H2,1-4H3. The van der Waals surface area contributed by atoms with Crippen molar-refractivity contribution in [2.45, 2.75) is 33.2 Å². The summed E-state index contributed by atoms with van der Waals surface area (Å²) >= 11 is 0. The van der Waals surface area contributed by atoms with Crippen molar-refractivity contribution in [2.75, 3.05) is 11.4 Å². The first kappa shape index (κ1) is 19.2. The quantitative estimate of drug-likeness (QED) is 0.440. The normalized spacial score (nSPS) is 15.3. The van der Waals surface area contributed by atoms with E-state index in [-0.39, 0.29) is 5.54 Å². The molecule has 3 aromatic carbocycles. The van der Waals surface area contributed by atoms with Crippen LogP contribution in [0.5, 0.6) is 0 Å². The van der Waals surface area contributed by atoms with E-state index in [4.69, 9.17) is 4.99 Å². The zero-order valence-corrected chi connectivity index (χ0v) is 17.7. The monoisotopic (exact) mass is 380 g/mol. The maximum atomic E-state index is 4.69. The van der Waals surface area contributed by atoms with Crippen LogP contribution in [0.3, 0.4) is 0 Å². The first-order chi connectivity index (χ1) is 14.0. The highest BCUT2D eigenvalue weighted by atomic mass is 15.2. The van der Waals surface area contributed by atoms with Gasteiger partial charge in [0, 0.05) is 24.0 Å². The first-order valence-electron chi connectivity index (χ1n) is 10.3. The van der Waals surface area contributed by atoms with E-state index in [1.165, 1.54) is 28.0 Å². The van der Waals surface area contributed by atoms with Crippen LogP contribution in [0, 0.1) is 0 Å². The molecule has 0 unspecified atom stereocenters. The molecule has 2 nitrogen and oxygen atoms in total. The van der Waals surface area contributed by atoms with E-state index in [1.54, 1.807) is 0 Å². The molecule has 1 heterocycles. The van der Waals surface area contributed by atoms with Gasteiger partial charge in [0.15, 0.2) is 0 Å². The number of hydrogen-bond acceptors (Lipinski definition) is 2. The Morgan fingerprint density at radius 1 is 0.897 bits per heavy atom. The van der Waals surface area contributed by atoms with Crippen molar-refractivity contribution >= 4 is 23.2 Å². The fourth-order valence-corrected chi connectivity index (χ4v) is 4.28. The molecule has 0 aromatic heterocycles. The topological polar surface area (TPSA) is 15.6 Å². The van der Waals surface area contributed by atoms with Gasteiger partial charge in [0.2, 0.25) is 0 Å². The highest BCUT2D eigenvalue weighted by molar-refractivity contribution is 5.88. The van der Waals surface area contributed by atoms with Crippen LogP contribution in [0.4, 0.5) is 11.4 Å². The van der Waals surface area contributed by atoms with Crippen molar-refractivity contribution in [1.29, 1.82) is 0 Å². The third-order valence-corrected chi connectivity index (χ3v) is 5.65. The predicted octanol–water partition coefficient (Wildman–Crippen LogP) is 7.13. The Bertz CT molecular complexity index is 1060. The lowest BCUT2D eigenvalue weighted by Crippen LogP contribution is -2.44. The molecule has 146 valence electrons. The third kappa shape index (κ3) is 3.88. The number of nitrogens with zero attached hydrogens (tertiary/aromatic N) is 2. The molecule has 29 heavy (non-hydrogen) atoms. The summed E-state index contributed by atoms with van der Waals surface area (Å²) < 4.78 is 0. The van der Waals surface area contributed by atoms with E-state index in [2.05, 4.69) is 105 Å². The van der Waals surface area contributed by atoms with Gasteiger partial charge in [-0.2, -0.15) is 0 Å². The zero-order chi connectivity index (χ0) is 20.4. The van der Waals surface area contributed by atoms with E-state index in [0.717, 1.165) is 17.8 Å². The van der Waals surface area contributed by atoms with Gasteiger partial charge in [-0.1, -0.05) is 54.6 Å². The summed E-state index contributed by atoms with van der Waals surface area (Å²) in [6, 6.07) is 25.5. The molecular weight excluding hydrogens is 352 g/mol. The van der Waals surface area contributed by atoms with Gasteiger partial charge in [0.05, 0.1) is 11.2 Å². The Morgan fingerprint density at radius 3 is 2.28 bits per heavy atom. The number of hydrogen-bond donors (Lipinski definition) is 0. The average Bonchev–Trinajstić information content (AvgIpc) is 2.73. The molecular formula is C27H28N2. The summed E-state index contributed by atoms with van der Waals surface area (Å²) in [6.07, 6.45) is 4.32. The first-order valence-corrected chi connectivity index (χ1v) is 10.3. The number of fused-ring (bicyclic) bond motifs is 1. The average molecular weight is 381 g/mol. The van der Waals surface area contributed by atoms with Crippen molar-refractivity contribution in [1.82, 2.24) is 0 Å². The molecule has 2 heteroatoms. The molecule has 1 aliphatic heterocycles. The van der Waals surface area contributed by atoms with Crippen LogP contribution in [0.15, 0.2) is 83.9 Å². The van der Waals surface area contributed by atoms with Crippen LogP contribution >= 0.6 is 0 Å². The van der Waals surface area contributed by atoms with Crippen LogP contribution in [0.25, 0.3) is 16.7 Å². The van der Waals surface area contributed by atoms with Crippen molar-refractivity contribution < 1.29 is 0 Å². The van der Waals surface area contributed by atoms with Gasteiger partial charge in [0.25, 0.3) is 0 Å². The third-order valence-electron chi connectivity index (χ3n) is 5.65. The van der Waals surface area contributed by atoms with Crippen LogP contribution in [0.2, 0.25) is 0 Å². The van der Waals surface area contributed by atoms with Crippen LogP contribution in [-0.4, -0.2) is 18.3 Å². The summed E-state index contributed by atoms with van der Waals surface area (Å²) in [6.45, 7) is 9.96. The number of likely N-dealkylation sites (N-methyl/N-ethyl adjacent to an activating group) is 1. The van der Waals surface area contributed by atoms with Crippen LogP contribution < -0.4 is 4.90 Å². The zero-order valence-electron chi connectivity index (χ0n) is 17.7. The summed E-state index contributed by atoms with van der Waals surface area (Å²) in [5, 5.41) is 0. The number of rotatable bonds is 4. The summed E-state index contributed by atoms with van der Waals surface area (Å²) in [7, 11) is 0. The van der Waals surface area contributed by atoms with Gasteiger partial charge in [-0.05, 0) is 74.2 Å². The number of benzene rings is 3. The maximum Gasteiger partial charge on any atom is 0.0630 e. The second-order valence-electron chi connectivity index (χ2n) is 8.17. The Balaban J connectivity index is 1.58. The van der Waals surface area contributed by atoms with E-state index in [0.29, 0.717) is 0 Å². The van der Waals surface area contributed by atoms with Gasteiger partial charge in [-0.15, -0.1) is 0 Å². The lowest BCUT2D eigenvalue weighted by Gasteiger charge is -2.42. The molecule has 0 saturated carbocycles. The number of anilines is 1. The smallest absolute Gasteiger partial charge is 0.0630 e. The van der Waals surface area contributed by atoms with Gasteiger partial charge in [-0.3, -0.25) is 4.99 Å². The van der Waals surface area contributed by atoms with Crippen molar-refractivity contribution in [3.8, 4) is 11.1 Å². The maximum absolute atomic E-state index is 4.69. The van der Waals surface area contributed by atoms with E-state index in [9.17, 15) is 0 Å². The summed E-state index contributed by atoms with van der Waals surface area (Å²) in [5.74, 6) is 0. The molecule has 3 aromatic rings. The molecule has 0 fully saturated rings. The van der Waals surface area contributed by atoms with Crippen LogP contribution in [0.1, 0.15) is 38.8 Å². The molecule has 0 N–H and O–H groups in total. The lowest BCUT2D eigenvalue weighted by atomic mass is 9.88. The minimum atomic E-state index is 0.0436. The summed E-state index contributed by atoms with van der Waals surface area (Å²) in [4.78, 5) is 7.15. The Hall–Kier alpha value is -3.13. The van der Waals surface area contributed by atoms with Gasteiger partial charge in [-0.25, -0.2) is 0 Å². The molecule has 0 amide bonds. The predicted molar refractivity (Wildman–Crippen MR) is 126 cm³/mol. The minimum Gasteiger partial charge on any atom is -0.363 e. The molecule has 1 aliphatic rings. The van der Waals surface area contributed by atoms with Crippen molar-refractivity contribution in [3.05, 3.63) is 90.0 Å². The van der Waals surface area contributed by atoms with Gasteiger partial charge >= 0.3 is 0 Å². The highest BCUT2D eigenvalue weighted by Crippen LogP contribution is 2.38. The number of allylic oxidation sites excluding steroid dienone is 1. The molecule has 0 bridgehead atoms. The van der Waals surface area contributed by atoms with Crippen LogP contribution in [-0.2, 0) is 0 Å². The molecule has 0 spiro atoms. The Labute approximate surface area is 174 Å². The lowest BCUT2D eigenvalue weighted by molar-refractivity contribution is 0.566. The second-order valence-corrected chi connectivity index (χ2v) is 8.17. The minimum absolute atomic E-state index is 0.0436. The highest BCUT2D eigenvalue weighted by Gasteiger charge is 2.29. The Kier molecular flexibility index (Phi) is 5.10. The van der Waals surface area contributed by atoms with Crippen molar-refractivity contribution in [3.63, 3.8) is 0 Å². The summed E-state index contributed by atoms with van der Waals surface area (Å²) in [5.41, 5.74) is 8.51. The number of aliphatic imine (C=N–C) groups is 1. The fourth-order valence-electron chi connectivity index (χ4n) is 4.28. The van der Waals surface area contributed by atoms with Crippen molar-refractivity contribution in [2.24, 2.45) is 4.99 Å². The van der Waals surface area contributed by atoms with Gasteiger partial charge < -0.3 is 4.90 Å². The van der Waals surface area contributed by atoms with E-state index in [1.807, 2.05) is 12.3 Å². The molecule has 0 aliphatic carbocycles. The molecule has 0 atom stereocenters. The molecule has 4 rings (SSSR count). The second kappa shape index (κ2) is 7.71. The Morgan fingerprint density at radius 2 is 1.59 bits per heavy atom. The molecule has 0 saturated heterocycles. The fraction of sp³-hybridized carbons (Fsp3) is 0.222.